The summed E-state index contributed by atoms with van der Waals surface area (Å²) in [7, 11) is 3.28. The second kappa shape index (κ2) is 10.1. The molecule has 0 aliphatic heterocycles. The molecule has 0 fully saturated rings. The molecule has 0 unspecified atom stereocenters. The Morgan fingerprint density at radius 1 is 0.964 bits per heavy atom. The summed E-state index contributed by atoms with van der Waals surface area (Å²) in [5.74, 6) is -0.345. The van der Waals surface area contributed by atoms with Crippen LogP contribution < -0.4 is 10.6 Å². The second-order valence-electron chi connectivity index (χ2n) is 6.35. The van der Waals surface area contributed by atoms with E-state index in [2.05, 4.69) is 10.6 Å². The normalized spacial score (nSPS) is 10.3. The van der Waals surface area contributed by atoms with Gasteiger partial charge in [0.05, 0.1) is 22.1 Å². The van der Waals surface area contributed by atoms with Gasteiger partial charge in [-0.2, -0.15) is 0 Å². The van der Waals surface area contributed by atoms with Gasteiger partial charge in [0.25, 0.3) is 5.91 Å². The molecule has 0 aliphatic rings. The zero-order chi connectivity index (χ0) is 20.7. The van der Waals surface area contributed by atoms with Gasteiger partial charge in [0, 0.05) is 25.5 Å². The number of aryl methyl sites for hydroxylation is 1. The van der Waals surface area contributed by atoms with E-state index in [0.29, 0.717) is 11.3 Å². The molecule has 0 aromatic heterocycles. The molecule has 2 rings (SSSR count). The van der Waals surface area contributed by atoms with Crippen LogP contribution in [0.5, 0.6) is 0 Å². The molecular weight excluding hydrogens is 398 g/mol. The maximum absolute atomic E-state index is 12.1. The SMILES string of the molecule is Cc1cccc(NC(=O)CSCC(=O)Nc2ccc(C(=O)N(C)C)c(Cl)c2)c1. The molecule has 0 bridgehead atoms. The molecule has 0 radical (unpaired) electrons. The summed E-state index contributed by atoms with van der Waals surface area (Å²) in [5, 5.41) is 5.77. The van der Waals surface area contributed by atoms with Crippen molar-refractivity contribution >= 4 is 52.5 Å². The van der Waals surface area contributed by atoms with Gasteiger partial charge in [-0.05, 0) is 42.8 Å². The van der Waals surface area contributed by atoms with Crippen molar-refractivity contribution in [2.75, 3.05) is 36.2 Å². The van der Waals surface area contributed by atoms with Crippen LogP contribution in [0.4, 0.5) is 11.4 Å². The minimum Gasteiger partial charge on any atom is -0.345 e. The van der Waals surface area contributed by atoms with Crippen LogP contribution >= 0.6 is 23.4 Å². The van der Waals surface area contributed by atoms with Gasteiger partial charge in [0.1, 0.15) is 0 Å². The van der Waals surface area contributed by atoms with Crippen molar-refractivity contribution in [1.29, 1.82) is 0 Å². The van der Waals surface area contributed by atoms with E-state index in [1.54, 1.807) is 26.2 Å². The van der Waals surface area contributed by atoms with Gasteiger partial charge in [-0.3, -0.25) is 14.4 Å². The minimum absolute atomic E-state index is 0.122. The van der Waals surface area contributed by atoms with Crippen molar-refractivity contribution in [3.05, 3.63) is 58.6 Å². The lowest BCUT2D eigenvalue weighted by Crippen LogP contribution is -2.22. The van der Waals surface area contributed by atoms with Crippen LogP contribution in [0.2, 0.25) is 5.02 Å². The summed E-state index contributed by atoms with van der Waals surface area (Å²) < 4.78 is 0. The van der Waals surface area contributed by atoms with Crippen molar-refractivity contribution in [2.24, 2.45) is 0 Å². The third-order valence-electron chi connectivity index (χ3n) is 3.66. The zero-order valence-corrected chi connectivity index (χ0v) is 17.5. The molecule has 28 heavy (non-hydrogen) atoms. The number of carbonyl (C=O) groups is 3. The quantitative estimate of drug-likeness (QED) is 0.717. The fraction of sp³-hybridized carbons (Fsp3) is 0.250. The van der Waals surface area contributed by atoms with E-state index in [-0.39, 0.29) is 34.2 Å². The summed E-state index contributed by atoms with van der Waals surface area (Å²) in [6.07, 6.45) is 0. The standard InChI is InChI=1S/C20H22ClN3O3S/c1-13-5-4-6-14(9-13)22-18(25)11-28-12-19(26)23-15-7-8-16(17(21)10-15)20(27)24(2)3/h4-10H,11-12H2,1-3H3,(H,22,25)(H,23,26). The Morgan fingerprint density at radius 3 is 2.11 bits per heavy atom. The number of anilines is 2. The van der Waals surface area contributed by atoms with Gasteiger partial charge in [-0.1, -0.05) is 23.7 Å². The van der Waals surface area contributed by atoms with Gasteiger partial charge in [0.2, 0.25) is 11.8 Å². The molecule has 3 amide bonds. The highest BCUT2D eigenvalue weighted by molar-refractivity contribution is 8.00. The third-order valence-corrected chi connectivity index (χ3v) is 4.90. The smallest absolute Gasteiger partial charge is 0.254 e. The van der Waals surface area contributed by atoms with Crippen LogP contribution in [0.15, 0.2) is 42.5 Å². The van der Waals surface area contributed by atoms with Gasteiger partial charge >= 0.3 is 0 Å². The van der Waals surface area contributed by atoms with Crippen LogP contribution in [0, 0.1) is 6.92 Å². The van der Waals surface area contributed by atoms with E-state index in [1.807, 2.05) is 31.2 Å². The van der Waals surface area contributed by atoms with Gasteiger partial charge in [-0.15, -0.1) is 11.8 Å². The fourth-order valence-electron chi connectivity index (χ4n) is 2.36. The number of halogens is 1. The molecule has 0 aliphatic carbocycles. The highest BCUT2D eigenvalue weighted by atomic mass is 35.5. The monoisotopic (exact) mass is 419 g/mol. The van der Waals surface area contributed by atoms with E-state index < -0.39 is 0 Å². The molecule has 148 valence electrons. The van der Waals surface area contributed by atoms with E-state index in [9.17, 15) is 14.4 Å². The van der Waals surface area contributed by atoms with E-state index >= 15 is 0 Å². The Bertz CT molecular complexity index is 887. The molecule has 8 heteroatoms. The number of thioether (sulfide) groups is 1. The number of amides is 3. The Labute approximate surface area is 173 Å². The maximum Gasteiger partial charge on any atom is 0.254 e. The molecule has 0 atom stereocenters. The van der Waals surface area contributed by atoms with Crippen LogP contribution in [0.1, 0.15) is 15.9 Å². The van der Waals surface area contributed by atoms with E-state index in [4.69, 9.17) is 11.6 Å². The molecule has 0 saturated heterocycles. The van der Waals surface area contributed by atoms with Crippen molar-refractivity contribution < 1.29 is 14.4 Å². The topological polar surface area (TPSA) is 78.5 Å². The number of hydrogen-bond donors (Lipinski definition) is 2. The van der Waals surface area contributed by atoms with Crippen LogP contribution in [-0.4, -0.2) is 48.2 Å². The number of benzene rings is 2. The first-order valence-electron chi connectivity index (χ1n) is 8.51. The summed E-state index contributed by atoms with van der Waals surface area (Å²) in [4.78, 5) is 37.4. The Morgan fingerprint density at radius 2 is 1.57 bits per heavy atom. The molecule has 2 aromatic carbocycles. The Kier molecular flexibility index (Phi) is 7.90. The number of hydrogen-bond acceptors (Lipinski definition) is 4. The van der Waals surface area contributed by atoms with Gasteiger partial charge in [0.15, 0.2) is 0 Å². The van der Waals surface area contributed by atoms with Crippen LogP contribution in [0.25, 0.3) is 0 Å². The van der Waals surface area contributed by atoms with E-state index in [0.717, 1.165) is 11.3 Å². The summed E-state index contributed by atoms with van der Waals surface area (Å²) >= 11 is 7.34. The first-order chi connectivity index (χ1) is 13.3. The summed E-state index contributed by atoms with van der Waals surface area (Å²) in [5.41, 5.74) is 2.65. The predicted molar refractivity (Wildman–Crippen MR) is 115 cm³/mol. The molecule has 6 nitrogen and oxygen atoms in total. The Balaban J connectivity index is 1.80. The average Bonchev–Trinajstić information content (AvgIpc) is 2.61. The lowest BCUT2D eigenvalue weighted by Gasteiger charge is -2.12. The first kappa shape index (κ1) is 21.8. The fourth-order valence-corrected chi connectivity index (χ4v) is 3.24. The Hall–Kier alpha value is -2.51. The molecule has 2 N–H and O–H groups in total. The lowest BCUT2D eigenvalue weighted by molar-refractivity contribution is -0.114. The second-order valence-corrected chi connectivity index (χ2v) is 7.75. The minimum atomic E-state index is -0.254. The number of rotatable bonds is 7. The van der Waals surface area contributed by atoms with Crippen molar-refractivity contribution in [3.8, 4) is 0 Å². The number of carbonyl (C=O) groups excluding carboxylic acids is 3. The largest absolute Gasteiger partial charge is 0.345 e. The van der Waals surface area contributed by atoms with Crippen molar-refractivity contribution in [3.63, 3.8) is 0 Å². The van der Waals surface area contributed by atoms with Crippen molar-refractivity contribution in [1.82, 2.24) is 4.90 Å². The molecular formula is C20H22ClN3O3S. The molecule has 0 heterocycles. The van der Waals surface area contributed by atoms with Gasteiger partial charge in [-0.25, -0.2) is 0 Å². The molecule has 2 aromatic rings. The summed E-state index contributed by atoms with van der Waals surface area (Å²) in [6.45, 7) is 1.95. The third kappa shape index (κ3) is 6.58. The predicted octanol–water partition coefficient (Wildman–Crippen LogP) is 3.66. The summed E-state index contributed by atoms with van der Waals surface area (Å²) in [6, 6.07) is 12.2. The number of nitrogens with zero attached hydrogens (tertiary/aromatic N) is 1. The van der Waals surface area contributed by atoms with E-state index in [1.165, 1.54) is 22.7 Å². The number of nitrogens with one attached hydrogen (secondary N) is 2. The van der Waals surface area contributed by atoms with Gasteiger partial charge < -0.3 is 15.5 Å². The molecule has 0 saturated carbocycles. The average molecular weight is 420 g/mol. The first-order valence-corrected chi connectivity index (χ1v) is 10.0. The molecule has 0 spiro atoms. The van der Waals surface area contributed by atoms with Crippen LogP contribution in [0.3, 0.4) is 0 Å². The highest BCUT2D eigenvalue weighted by Crippen LogP contribution is 2.22. The zero-order valence-electron chi connectivity index (χ0n) is 15.9. The van der Waals surface area contributed by atoms with Crippen LogP contribution in [-0.2, 0) is 9.59 Å². The highest BCUT2D eigenvalue weighted by Gasteiger charge is 2.13. The maximum atomic E-state index is 12.1. The van der Waals surface area contributed by atoms with Crippen molar-refractivity contribution in [2.45, 2.75) is 6.92 Å². The lowest BCUT2D eigenvalue weighted by atomic mass is 10.2.